The molecule has 170 valence electrons. The molecule has 0 radical (unpaired) electrons. The summed E-state index contributed by atoms with van der Waals surface area (Å²) in [5, 5.41) is 16.0. The van der Waals surface area contributed by atoms with Crippen LogP contribution in [0.5, 0.6) is 0 Å². The maximum absolute atomic E-state index is 12.7. The zero-order valence-corrected chi connectivity index (χ0v) is 19.2. The van der Waals surface area contributed by atoms with Crippen LogP contribution in [0.4, 0.5) is 5.69 Å². The number of aryl methyl sites for hydroxylation is 1. The predicted octanol–water partition coefficient (Wildman–Crippen LogP) is 4.71. The van der Waals surface area contributed by atoms with Crippen molar-refractivity contribution < 1.29 is 9.72 Å². The van der Waals surface area contributed by atoms with E-state index in [9.17, 15) is 14.9 Å². The lowest BCUT2D eigenvalue weighted by Gasteiger charge is -2.09. The Morgan fingerprint density at radius 3 is 2.53 bits per heavy atom. The van der Waals surface area contributed by atoms with E-state index < -0.39 is 4.92 Å². The Labute approximate surface area is 199 Å². The Balaban J connectivity index is 1.50. The summed E-state index contributed by atoms with van der Waals surface area (Å²) in [5.41, 5.74) is 6.05. The fraction of sp³-hybridized carbons (Fsp3) is 0.0833. The number of rotatable bonds is 7. The van der Waals surface area contributed by atoms with E-state index in [0.717, 1.165) is 28.8 Å². The lowest BCUT2D eigenvalue weighted by atomic mass is 10.2. The molecule has 4 aromatic rings. The van der Waals surface area contributed by atoms with Crippen molar-refractivity contribution in [1.29, 1.82) is 0 Å². The number of nitro groups is 1. The first-order valence-electron chi connectivity index (χ1n) is 10.2. The molecule has 1 amide bonds. The zero-order chi connectivity index (χ0) is 24.1. The largest absolute Gasteiger partial charge is 0.318 e. The SMILES string of the molecule is Cc1cc(C(=O)NN=Cc2ccc(Sc3ncccn3)c([N+](=O)[O-])c2)c(C)n1-c1ccccc1. The highest BCUT2D eigenvalue weighted by Gasteiger charge is 2.18. The van der Waals surface area contributed by atoms with E-state index >= 15 is 0 Å². The molecular weight excluding hydrogens is 452 g/mol. The molecule has 0 unspecified atom stereocenters. The third-order valence-electron chi connectivity index (χ3n) is 4.99. The normalized spacial score (nSPS) is 11.0. The molecule has 2 aromatic heterocycles. The van der Waals surface area contributed by atoms with Crippen molar-refractivity contribution in [2.45, 2.75) is 23.9 Å². The lowest BCUT2D eigenvalue weighted by Crippen LogP contribution is -2.18. The first-order chi connectivity index (χ1) is 16.4. The molecule has 0 aliphatic heterocycles. The number of para-hydroxylation sites is 1. The second-order valence-electron chi connectivity index (χ2n) is 7.27. The molecule has 0 atom stereocenters. The van der Waals surface area contributed by atoms with Gasteiger partial charge in [-0.25, -0.2) is 15.4 Å². The van der Waals surface area contributed by atoms with Gasteiger partial charge in [0.1, 0.15) is 0 Å². The molecule has 0 saturated carbocycles. The van der Waals surface area contributed by atoms with Gasteiger partial charge in [-0.1, -0.05) is 24.3 Å². The molecule has 0 aliphatic carbocycles. The maximum atomic E-state index is 12.7. The average Bonchev–Trinajstić information content (AvgIpc) is 3.14. The number of aromatic nitrogens is 3. The first-order valence-corrected chi connectivity index (χ1v) is 11.1. The number of hydrogen-bond donors (Lipinski definition) is 1. The maximum Gasteiger partial charge on any atom is 0.283 e. The molecule has 2 aromatic carbocycles. The average molecular weight is 473 g/mol. The summed E-state index contributed by atoms with van der Waals surface area (Å²) in [4.78, 5) is 32.4. The van der Waals surface area contributed by atoms with Gasteiger partial charge in [0.05, 0.1) is 21.6 Å². The number of benzene rings is 2. The van der Waals surface area contributed by atoms with Gasteiger partial charge < -0.3 is 4.57 Å². The summed E-state index contributed by atoms with van der Waals surface area (Å²) in [6.45, 7) is 3.80. The number of carbonyl (C=O) groups excluding carboxylic acids is 1. The summed E-state index contributed by atoms with van der Waals surface area (Å²) in [6.07, 6.45) is 4.51. The molecule has 34 heavy (non-hydrogen) atoms. The fourth-order valence-corrected chi connectivity index (χ4v) is 4.27. The Bertz CT molecular complexity index is 1370. The van der Waals surface area contributed by atoms with E-state index in [4.69, 9.17) is 0 Å². The number of amides is 1. The van der Waals surface area contributed by atoms with Gasteiger partial charge in [0.25, 0.3) is 11.6 Å². The third-order valence-corrected chi connectivity index (χ3v) is 5.95. The number of carbonyl (C=O) groups is 1. The van der Waals surface area contributed by atoms with E-state index in [0.29, 0.717) is 21.2 Å². The van der Waals surface area contributed by atoms with Crippen LogP contribution < -0.4 is 5.43 Å². The highest BCUT2D eigenvalue weighted by Crippen LogP contribution is 2.33. The van der Waals surface area contributed by atoms with Gasteiger partial charge >= 0.3 is 0 Å². The molecule has 0 saturated heterocycles. The molecule has 2 heterocycles. The Morgan fingerprint density at radius 2 is 1.82 bits per heavy atom. The fourth-order valence-electron chi connectivity index (χ4n) is 3.47. The van der Waals surface area contributed by atoms with E-state index in [2.05, 4.69) is 20.5 Å². The Hall–Kier alpha value is -4.31. The van der Waals surface area contributed by atoms with Crippen molar-refractivity contribution in [3.05, 3.63) is 106 Å². The molecule has 9 nitrogen and oxygen atoms in total. The van der Waals surface area contributed by atoms with Crippen LogP contribution in [0.15, 0.2) is 88.2 Å². The number of nitrogens with one attached hydrogen (secondary N) is 1. The van der Waals surface area contributed by atoms with Crippen molar-refractivity contribution in [2.75, 3.05) is 0 Å². The number of nitrogens with zero attached hydrogens (tertiary/aromatic N) is 5. The van der Waals surface area contributed by atoms with Crippen molar-refractivity contribution >= 4 is 29.6 Å². The third kappa shape index (κ3) is 5.02. The van der Waals surface area contributed by atoms with Crippen LogP contribution in [-0.2, 0) is 0 Å². The molecule has 0 fully saturated rings. The van der Waals surface area contributed by atoms with Crippen molar-refractivity contribution in [2.24, 2.45) is 5.10 Å². The minimum Gasteiger partial charge on any atom is -0.318 e. The van der Waals surface area contributed by atoms with Gasteiger partial charge in [0.2, 0.25) is 0 Å². The van der Waals surface area contributed by atoms with Crippen LogP contribution in [0.25, 0.3) is 5.69 Å². The monoisotopic (exact) mass is 472 g/mol. The number of hydrogen-bond acceptors (Lipinski definition) is 7. The second-order valence-corrected chi connectivity index (χ2v) is 8.28. The lowest BCUT2D eigenvalue weighted by molar-refractivity contribution is -0.387. The van der Waals surface area contributed by atoms with E-state index in [1.165, 1.54) is 12.3 Å². The minimum atomic E-state index is -0.473. The van der Waals surface area contributed by atoms with Crippen LogP contribution in [0.1, 0.15) is 27.3 Å². The van der Waals surface area contributed by atoms with Crippen LogP contribution in [0.3, 0.4) is 0 Å². The topological polar surface area (TPSA) is 115 Å². The molecule has 0 bridgehead atoms. The summed E-state index contributed by atoms with van der Waals surface area (Å²) in [5.74, 6) is -0.366. The first kappa shape index (κ1) is 22.9. The minimum absolute atomic E-state index is 0.0980. The second kappa shape index (κ2) is 10.1. The highest BCUT2D eigenvalue weighted by molar-refractivity contribution is 7.99. The van der Waals surface area contributed by atoms with Crippen molar-refractivity contribution in [3.63, 3.8) is 0 Å². The van der Waals surface area contributed by atoms with Crippen LogP contribution >= 0.6 is 11.8 Å². The number of nitro benzene ring substituents is 1. The van der Waals surface area contributed by atoms with Crippen molar-refractivity contribution in [1.82, 2.24) is 20.0 Å². The summed E-state index contributed by atoms with van der Waals surface area (Å²) in [7, 11) is 0. The van der Waals surface area contributed by atoms with Crippen LogP contribution in [0, 0.1) is 24.0 Å². The van der Waals surface area contributed by atoms with E-state index in [1.54, 1.807) is 36.7 Å². The van der Waals surface area contributed by atoms with Gasteiger partial charge in [0, 0.05) is 41.1 Å². The van der Waals surface area contributed by atoms with Crippen LogP contribution in [-0.4, -0.2) is 31.6 Å². The molecule has 0 spiro atoms. The smallest absolute Gasteiger partial charge is 0.283 e. The quantitative estimate of drug-likeness (QED) is 0.180. The van der Waals surface area contributed by atoms with Gasteiger partial charge in [-0.05, 0) is 55.9 Å². The van der Waals surface area contributed by atoms with Gasteiger partial charge in [-0.3, -0.25) is 14.9 Å². The zero-order valence-electron chi connectivity index (χ0n) is 18.4. The summed E-state index contributed by atoms with van der Waals surface area (Å²) < 4.78 is 1.99. The predicted molar refractivity (Wildman–Crippen MR) is 130 cm³/mol. The van der Waals surface area contributed by atoms with Crippen LogP contribution in [0.2, 0.25) is 0 Å². The van der Waals surface area contributed by atoms with Crippen molar-refractivity contribution in [3.8, 4) is 5.69 Å². The molecule has 1 N–H and O–H groups in total. The van der Waals surface area contributed by atoms with Gasteiger partial charge in [-0.15, -0.1) is 0 Å². The molecule has 0 aliphatic rings. The van der Waals surface area contributed by atoms with Gasteiger partial charge in [0.15, 0.2) is 5.16 Å². The van der Waals surface area contributed by atoms with E-state index in [-0.39, 0.29) is 11.6 Å². The summed E-state index contributed by atoms with van der Waals surface area (Å²) >= 11 is 1.10. The number of hydrazone groups is 1. The van der Waals surface area contributed by atoms with E-state index in [1.807, 2.05) is 48.7 Å². The van der Waals surface area contributed by atoms with Gasteiger partial charge in [-0.2, -0.15) is 5.10 Å². The Morgan fingerprint density at radius 1 is 1.09 bits per heavy atom. The Kier molecular flexibility index (Phi) is 6.79. The molecule has 4 rings (SSSR count). The summed E-state index contributed by atoms with van der Waals surface area (Å²) in [6, 6.07) is 17.9. The highest BCUT2D eigenvalue weighted by atomic mass is 32.2. The molecular formula is C24H20N6O3S. The molecule has 10 heteroatoms. The standard InChI is InChI=1S/C24H20N6O3S/c1-16-13-20(17(2)29(16)19-7-4-3-5-8-19)23(31)28-27-15-18-9-10-22(21(14-18)30(32)33)34-24-25-11-6-12-26-24/h3-15H,1-2H3,(H,28,31).